The Labute approximate surface area is 224 Å². The first-order chi connectivity index (χ1) is 18.9. The summed E-state index contributed by atoms with van der Waals surface area (Å²) >= 11 is 0. The van der Waals surface area contributed by atoms with E-state index in [2.05, 4.69) is 32.4 Å². The summed E-state index contributed by atoms with van der Waals surface area (Å²) in [5.74, 6) is 7.42. The van der Waals surface area contributed by atoms with E-state index in [0.717, 1.165) is 28.9 Å². The van der Waals surface area contributed by atoms with E-state index in [0.29, 0.717) is 40.6 Å². The van der Waals surface area contributed by atoms with E-state index in [-0.39, 0.29) is 31.0 Å². The van der Waals surface area contributed by atoms with Crippen molar-refractivity contribution >= 4 is 23.5 Å². The van der Waals surface area contributed by atoms with E-state index in [1.54, 1.807) is 24.4 Å². The largest absolute Gasteiger partial charge is 0.454 e. The molecular weight excluding hydrogens is 496 g/mol. The average molecular weight is 521 g/mol. The Hall–Kier alpha value is -5.30. The van der Waals surface area contributed by atoms with Crippen molar-refractivity contribution in [3.05, 3.63) is 82.7 Å². The molecule has 4 aromatic rings. The molecule has 0 radical (unpaired) electrons. The predicted octanol–water partition coefficient (Wildman–Crippen LogP) is 2.66. The molecule has 4 heterocycles. The third-order valence-electron chi connectivity index (χ3n) is 6.59. The van der Waals surface area contributed by atoms with Gasteiger partial charge >= 0.3 is 0 Å². The Morgan fingerprint density at radius 1 is 1.15 bits per heavy atom. The summed E-state index contributed by atoms with van der Waals surface area (Å²) in [7, 11) is 1.90. The van der Waals surface area contributed by atoms with Gasteiger partial charge in [0.2, 0.25) is 18.6 Å². The number of anilines is 2. The van der Waals surface area contributed by atoms with E-state index < -0.39 is 0 Å². The number of ether oxygens (including phenoxy) is 2. The third-order valence-corrected chi connectivity index (χ3v) is 6.59. The number of carbonyl (C=O) groups excluding carboxylic acids is 2. The van der Waals surface area contributed by atoms with E-state index in [1.165, 1.54) is 0 Å². The second-order valence-electron chi connectivity index (χ2n) is 9.19. The van der Waals surface area contributed by atoms with E-state index in [4.69, 9.17) is 15.2 Å². The van der Waals surface area contributed by atoms with Crippen LogP contribution in [0, 0.1) is 11.8 Å². The van der Waals surface area contributed by atoms with Gasteiger partial charge in [0.05, 0.1) is 23.2 Å². The van der Waals surface area contributed by atoms with Crippen molar-refractivity contribution in [3.8, 4) is 34.7 Å². The first-order valence-corrected chi connectivity index (χ1v) is 12.3. The van der Waals surface area contributed by atoms with Crippen LogP contribution >= 0.6 is 0 Å². The summed E-state index contributed by atoms with van der Waals surface area (Å²) in [5.41, 5.74) is 11.5. The molecule has 0 bridgehead atoms. The maximum Gasteiger partial charge on any atom is 0.253 e. The van der Waals surface area contributed by atoms with Crippen LogP contribution in [-0.2, 0) is 24.7 Å². The van der Waals surface area contributed by atoms with Gasteiger partial charge in [-0.2, -0.15) is 0 Å². The Balaban J connectivity index is 1.23. The highest BCUT2D eigenvalue weighted by Crippen LogP contribution is 2.34. The van der Waals surface area contributed by atoms with Gasteiger partial charge in [-0.05, 0) is 35.9 Å². The van der Waals surface area contributed by atoms with Gasteiger partial charge in [-0.3, -0.25) is 9.59 Å². The van der Waals surface area contributed by atoms with Crippen molar-refractivity contribution in [1.82, 2.24) is 19.9 Å². The molecule has 0 aliphatic carbocycles. The molecule has 0 unspecified atom stereocenters. The van der Waals surface area contributed by atoms with Crippen LogP contribution in [0.25, 0.3) is 11.4 Å². The summed E-state index contributed by atoms with van der Waals surface area (Å²) < 4.78 is 12.6. The van der Waals surface area contributed by atoms with Gasteiger partial charge in [0.1, 0.15) is 5.69 Å². The Morgan fingerprint density at radius 3 is 2.90 bits per heavy atom. The average Bonchev–Trinajstić information content (AvgIpc) is 3.53. The van der Waals surface area contributed by atoms with Crippen LogP contribution in [0.1, 0.15) is 32.7 Å². The predicted molar refractivity (Wildman–Crippen MR) is 144 cm³/mol. The standard InChI is InChI=1S/C29H24N6O4/c1-35-22-9-10-31-28(37)21(22)14-23(35)27-19(15-32-29(30)34-27)6-5-17-3-2-4-18(11-17)12-26(36)33-20-7-8-24-25(13-20)39-16-38-24/h2-4,7-8,11,13-15H,9-10,12,16H2,1H3,(H,31,37)(H,33,36)(H2,30,32,34). The van der Waals surface area contributed by atoms with Gasteiger partial charge in [0, 0.05) is 49.2 Å². The van der Waals surface area contributed by atoms with Crippen molar-refractivity contribution in [2.45, 2.75) is 12.8 Å². The summed E-state index contributed by atoms with van der Waals surface area (Å²) in [4.78, 5) is 33.6. The van der Waals surface area contributed by atoms with Crippen LogP contribution in [0.3, 0.4) is 0 Å². The first kappa shape index (κ1) is 24.1. The molecule has 0 fully saturated rings. The number of amides is 2. The van der Waals surface area contributed by atoms with Crippen LogP contribution in [0.15, 0.2) is 54.7 Å². The molecule has 2 amide bonds. The SMILES string of the molecule is Cn1c(-c2nc(N)ncc2C#Cc2cccc(CC(=O)Nc3ccc4c(c3)OCO4)c2)cc2c1CCNC2=O. The lowest BCUT2D eigenvalue weighted by atomic mass is 10.1. The highest BCUT2D eigenvalue weighted by Gasteiger charge is 2.24. The van der Waals surface area contributed by atoms with Crippen molar-refractivity contribution in [2.75, 3.05) is 24.4 Å². The summed E-state index contributed by atoms with van der Waals surface area (Å²) in [6.45, 7) is 0.766. The molecular formula is C29H24N6O4. The first-order valence-electron chi connectivity index (χ1n) is 12.3. The number of aromatic nitrogens is 3. The normalized spacial score (nSPS) is 13.2. The van der Waals surface area contributed by atoms with Crippen molar-refractivity contribution in [1.29, 1.82) is 0 Å². The zero-order valence-electron chi connectivity index (χ0n) is 21.1. The van der Waals surface area contributed by atoms with E-state index in [1.807, 2.05) is 41.9 Å². The van der Waals surface area contributed by atoms with Crippen LogP contribution in [0.2, 0.25) is 0 Å². The quantitative estimate of drug-likeness (QED) is 0.352. The number of nitrogens with zero attached hydrogens (tertiary/aromatic N) is 3. The number of nitrogens with two attached hydrogens (primary N) is 1. The Kier molecular flexibility index (Phi) is 6.09. The van der Waals surface area contributed by atoms with Gasteiger partial charge in [-0.15, -0.1) is 0 Å². The summed E-state index contributed by atoms with van der Waals surface area (Å²) in [5, 5.41) is 5.76. The second-order valence-corrected chi connectivity index (χ2v) is 9.19. The zero-order valence-corrected chi connectivity index (χ0v) is 21.1. The molecule has 10 heteroatoms. The minimum absolute atomic E-state index is 0.105. The number of benzene rings is 2. The minimum atomic E-state index is -0.162. The molecule has 0 spiro atoms. The highest BCUT2D eigenvalue weighted by molar-refractivity contribution is 5.98. The molecule has 0 saturated heterocycles. The lowest BCUT2D eigenvalue weighted by molar-refractivity contribution is -0.115. The molecule has 0 saturated carbocycles. The summed E-state index contributed by atoms with van der Waals surface area (Å²) in [6.07, 6.45) is 2.49. The van der Waals surface area contributed by atoms with Crippen LogP contribution in [0.4, 0.5) is 11.6 Å². The van der Waals surface area contributed by atoms with Crippen molar-refractivity contribution < 1.29 is 19.1 Å². The molecule has 2 aliphatic rings. The Morgan fingerprint density at radius 2 is 2.03 bits per heavy atom. The molecule has 2 aromatic carbocycles. The van der Waals surface area contributed by atoms with Crippen LogP contribution in [-0.4, -0.2) is 39.7 Å². The number of nitrogens with one attached hydrogen (secondary N) is 2. The molecule has 4 N–H and O–H groups in total. The highest BCUT2D eigenvalue weighted by atomic mass is 16.7. The minimum Gasteiger partial charge on any atom is -0.454 e. The molecule has 10 nitrogen and oxygen atoms in total. The molecule has 0 atom stereocenters. The van der Waals surface area contributed by atoms with Crippen LogP contribution < -0.4 is 25.8 Å². The topological polar surface area (TPSA) is 133 Å². The maximum atomic E-state index is 12.7. The lowest BCUT2D eigenvalue weighted by Gasteiger charge is -2.14. The van der Waals surface area contributed by atoms with Gasteiger partial charge in [0.15, 0.2) is 11.5 Å². The number of carbonyl (C=O) groups is 2. The number of hydrogen-bond donors (Lipinski definition) is 3. The molecule has 39 heavy (non-hydrogen) atoms. The summed E-state index contributed by atoms with van der Waals surface area (Å²) in [6, 6.07) is 14.6. The number of nitrogen functional groups attached to an aromatic ring is 1. The van der Waals surface area contributed by atoms with Crippen molar-refractivity contribution in [3.63, 3.8) is 0 Å². The number of fused-ring (bicyclic) bond motifs is 2. The number of hydrogen-bond acceptors (Lipinski definition) is 7. The van der Waals surface area contributed by atoms with Gasteiger partial charge in [-0.1, -0.05) is 24.0 Å². The van der Waals surface area contributed by atoms with Gasteiger partial charge in [-0.25, -0.2) is 9.97 Å². The molecule has 194 valence electrons. The Bertz CT molecular complexity index is 1700. The number of rotatable bonds is 4. The fourth-order valence-electron chi connectivity index (χ4n) is 4.70. The van der Waals surface area contributed by atoms with Crippen molar-refractivity contribution in [2.24, 2.45) is 7.05 Å². The molecule has 2 aliphatic heterocycles. The fraction of sp³-hybridized carbons (Fsp3) is 0.172. The molecule has 6 rings (SSSR count). The lowest BCUT2D eigenvalue weighted by Crippen LogP contribution is -2.31. The monoisotopic (exact) mass is 520 g/mol. The maximum absolute atomic E-state index is 12.7. The molecule has 2 aromatic heterocycles. The zero-order chi connectivity index (χ0) is 26.9. The van der Waals surface area contributed by atoms with Crippen LogP contribution in [0.5, 0.6) is 11.5 Å². The van der Waals surface area contributed by atoms with Gasteiger partial charge < -0.3 is 30.4 Å². The third kappa shape index (κ3) is 4.85. The van der Waals surface area contributed by atoms with E-state index >= 15 is 0 Å². The van der Waals surface area contributed by atoms with E-state index in [9.17, 15) is 9.59 Å². The second kappa shape index (κ2) is 9.87. The van der Waals surface area contributed by atoms with Gasteiger partial charge in [0.25, 0.3) is 5.91 Å². The smallest absolute Gasteiger partial charge is 0.253 e. The fourth-order valence-corrected chi connectivity index (χ4v) is 4.70.